The highest BCUT2D eigenvalue weighted by Gasteiger charge is 2.31. The molecule has 146 valence electrons. The fraction of sp³-hybridized carbons (Fsp3) is 0. The first-order chi connectivity index (χ1) is 15.1. The van der Waals surface area contributed by atoms with E-state index in [2.05, 4.69) is 4.85 Å². The smallest absolute Gasteiger partial charge is 0.270 e. The zero-order valence-electron chi connectivity index (χ0n) is 16.2. The Balaban J connectivity index is 1.63. The lowest BCUT2D eigenvalue weighted by molar-refractivity contribution is 0.103. The number of rotatable bonds is 3. The third kappa shape index (κ3) is 3.21. The molecule has 1 N–H and O–H groups in total. The number of nitrogens with zero attached hydrogens (tertiary/aromatic N) is 2. The third-order valence-corrected chi connectivity index (χ3v) is 5.08. The molecule has 4 rings (SSSR count). The average Bonchev–Trinajstić information content (AvgIpc) is 3.21. The van der Waals surface area contributed by atoms with Crippen molar-refractivity contribution in [2.24, 2.45) is 0 Å². The first-order valence-electron chi connectivity index (χ1n) is 9.37. The van der Waals surface area contributed by atoms with E-state index in [1.165, 1.54) is 6.08 Å². The molecule has 0 heterocycles. The van der Waals surface area contributed by atoms with Crippen LogP contribution in [0, 0.1) is 17.9 Å². The Labute approximate surface area is 178 Å². The number of hydrogen-bond acceptors (Lipinski definition) is 4. The molecule has 0 spiro atoms. The van der Waals surface area contributed by atoms with Crippen LogP contribution in [0.4, 0.5) is 0 Å². The van der Waals surface area contributed by atoms with Crippen LogP contribution in [0.5, 0.6) is 0 Å². The summed E-state index contributed by atoms with van der Waals surface area (Å²) in [5.41, 5.74) is 2.64. The van der Waals surface area contributed by atoms with Gasteiger partial charge in [0.05, 0.1) is 18.2 Å². The molecule has 0 amide bonds. The molecule has 31 heavy (non-hydrogen) atoms. The Morgan fingerprint density at radius 2 is 1.52 bits per heavy atom. The molecule has 0 aromatic heterocycles. The summed E-state index contributed by atoms with van der Waals surface area (Å²) in [6.45, 7) is 7.27. The van der Waals surface area contributed by atoms with Gasteiger partial charge in [-0.25, -0.2) is 10.1 Å². The standard InChI is InChI=1S/C26H14N2O3/c1-28-22(15-27)23-16-9-5-6-10-17(16)24(29)20(23)13-3-2-4-14-21-25(30)18-11-7-8-12-19(18)26(21)31/h2-14,30H/b3-2+,14-4+,20-13-,23-22+. The van der Waals surface area contributed by atoms with Crippen molar-refractivity contribution in [2.45, 2.75) is 0 Å². The van der Waals surface area contributed by atoms with Crippen molar-refractivity contribution in [2.75, 3.05) is 0 Å². The van der Waals surface area contributed by atoms with Gasteiger partial charge in [0.25, 0.3) is 5.70 Å². The van der Waals surface area contributed by atoms with Crippen LogP contribution in [-0.4, -0.2) is 16.7 Å². The van der Waals surface area contributed by atoms with Gasteiger partial charge in [0.1, 0.15) is 5.76 Å². The van der Waals surface area contributed by atoms with Crippen molar-refractivity contribution in [1.82, 2.24) is 0 Å². The number of benzene rings is 2. The number of carbonyl (C=O) groups is 2. The van der Waals surface area contributed by atoms with E-state index < -0.39 is 0 Å². The van der Waals surface area contributed by atoms with Crippen LogP contribution in [0.25, 0.3) is 16.2 Å². The highest BCUT2D eigenvalue weighted by atomic mass is 16.3. The first kappa shape index (κ1) is 19.6. The van der Waals surface area contributed by atoms with Crippen LogP contribution in [0.15, 0.2) is 95.8 Å². The van der Waals surface area contributed by atoms with Crippen molar-refractivity contribution in [3.8, 4) is 6.07 Å². The molecule has 0 bridgehead atoms. The number of aliphatic hydroxyl groups excluding tert-OH is 1. The van der Waals surface area contributed by atoms with E-state index in [1.54, 1.807) is 72.8 Å². The zero-order valence-corrected chi connectivity index (χ0v) is 16.2. The summed E-state index contributed by atoms with van der Waals surface area (Å²) in [4.78, 5) is 28.5. The van der Waals surface area contributed by atoms with Crippen molar-refractivity contribution in [3.63, 3.8) is 0 Å². The molecule has 5 nitrogen and oxygen atoms in total. The van der Waals surface area contributed by atoms with Gasteiger partial charge in [-0.2, -0.15) is 0 Å². The van der Waals surface area contributed by atoms with E-state index in [0.29, 0.717) is 27.8 Å². The van der Waals surface area contributed by atoms with Crippen LogP contribution in [0.2, 0.25) is 0 Å². The lowest BCUT2D eigenvalue weighted by Gasteiger charge is -2.00. The normalized spacial score (nSPS) is 17.9. The lowest BCUT2D eigenvalue weighted by Crippen LogP contribution is -1.95. The number of allylic oxidation sites excluding steroid dienone is 9. The summed E-state index contributed by atoms with van der Waals surface area (Å²) < 4.78 is 0. The summed E-state index contributed by atoms with van der Waals surface area (Å²) in [5, 5.41) is 19.6. The molecule has 0 atom stereocenters. The fourth-order valence-electron chi connectivity index (χ4n) is 3.66. The van der Waals surface area contributed by atoms with E-state index in [4.69, 9.17) is 6.57 Å². The molecule has 2 aromatic carbocycles. The molecular formula is C26H14N2O3. The Morgan fingerprint density at radius 1 is 0.903 bits per heavy atom. The Bertz CT molecular complexity index is 1370. The number of carbonyl (C=O) groups excluding carboxylic acids is 2. The molecule has 2 aliphatic rings. The van der Waals surface area contributed by atoms with E-state index in [1.807, 2.05) is 6.07 Å². The maximum Gasteiger partial charge on any atom is 0.270 e. The van der Waals surface area contributed by atoms with Gasteiger partial charge in [-0.05, 0) is 11.6 Å². The zero-order chi connectivity index (χ0) is 22.0. The topological polar surface area (TPSA) is 82.5 Å². The van der Waals surface area contributed by atoms with Crippen LogP contribution in [0.1, 0.15) is 31.8 Å². The Hall–Kier alpha value is -4.74. The van der Waals surface area contributed by atoms with Crippen LogP contribution >= 0.6 is 0 Å². The first-order valence-corrected chi connectivity index (χ1v) is 9.37. The summed E-state index contributed by atoms with van der Waals surface area (Å²) in [6.07, 6.45) is 7.85. The molecule has 0 radical (unpaired) electrons. The maximum absolute atomic E-state index is 12.8. The van der Waals surface area contributed by atoms with Crippen LogP contribution < -0.4 is 0 Å². The van der Waals surface area contributed by atoms with Crippen molar-refractivity contribution in [3.05, 3.63) is 129 Å². The van der Waals surface area contributed by atoms with E-state index in [9.17, 15) is 20.0 Å². The second kappa shape index (κ2) is 7.94. The number of hydrogen-bond donors (Lipinski definition) is 1. The maximum atomic E-state index is 12.8. The largest absolute Gasteiger partial charge is 0.507 e. The molecule has 0 saturated heterocycles. The summed E-state index contributed by atoms with van der Waals surface area (Å²) >= 11 is 0. The minimum Gasteiger partial charge on any atom is -0.507 e. The quantitative estimate of drug-likeness (QED) is 0.329. The predicted molar refractivity (Wildman–Crippen MR) is 117 cm³/mol. The highest BCUT2D eigenvalue weighted by Crippen LogP contribution is 2.39. The fourth-order valence-corrected chi connectivity index (χ4v) is 3.66. The van der Waals surface area contributed by atoms with Gasteiger partial charge in [0, 0.05) is 27.8 Å². The molecule has 5 heteroatoms. The van der Waals surface area contributed by atoms with Gasteiger partial charge in [-0.1, -0.05) is 72.8 Å². The Morgan fingerprint density at radius 3 is 2.13 bits per heavy atom. The van der Waals surface area contributed by atoms with Crippen molar-refractivity contribution < 1.29 is 14.7 Å². The number of aliphatic hydroxyl groups is 1. The van der Waals surface area contributed by atoms with E-state index >= 15 is 0 Å². The van der Waals surface area contributed by atoms with Crippen molar-refractivity contribution in [1.29, 1.82) is 5.26 Å². The highest BCUT2D eigenvalue weighted by molar-refractivity contribution is 6.27. The summed E-state index contributed by atoms with van der Waals surface area (Å²) in [6, 6.07) is 15.6. The molecule has 0 aliphatic heterocycles. The molecule has 2 aromatic rings. The van der Waals surface area contributed by atoms with Gasteiger partial charge in [0.2, 0.25) is 0 Å². The number of ketones is 2. The van der Waals surface area contributed by atoms with Crippen LogP contribution in [-0.2, 0) is 0 Å². The molecule has 2 aliphatic carbocycles. The summed E-state index contributed by atoms with van der Waals surface area (Å²) in [7, 11) is 0. The second-order valence-corrected chi connectivity index (χ2v) is 6.78. The SMILES string of the molecule is [C-]#[N+]/C(C#N)=C1/C(=C/C=C/C=C/C2=C(O)c3ccccc3C2=O)C(=O)c2ccccc21. The number of fused-ring (bicyclic) bond motifs is 2. The van der Waals surface area contributed by atoms with Gasteiger partial charge < -0.3 is 5.11 Å². The van der Waals surface area contributed by atoms with Gasteiger partial charge in [-0.3, -0.25) is 9.59 Å². The molecular weight excluding hydrogens is 388 g/mol. The van der Waals surface area contributed by atoms with Gasteiger partial charge in [-0.15, -0.1) is 0 Å². The molecule has 0 saturated carbocycles. The third-order valence-electron chi connectivity index (χ3n) is 5.08. The lowest BCUT2D eigenvalue weighted by atomic mass is 10.0. The monoisotopic (exact) mass is 402 g/mol. The number of Topliss-reactive ketones (excluding diaryl/α,β-unsaturated/α-hetero) is 2. The minimum atomic E-state index is -0.252. The van der Waals surface area contributed by atoms with Gasteiger partial charge in [0.15, 0.2) is 11.6 Å². The second-order valence-electron chi connectivity index (χ2n) is 6.78. The average molecular weight is 402 g/mol. The summed E-state index contributed by atoms with van der Waals surface area (Å²) in [5.74, 6) is -0.568. The Kier molecular flexibility index (Phi) is 5.02. The molecule has 0 unspecified atom stereocenters. The van der Waals surface area contributed by atoms with Crippen LogP contribution in [0.3, 0.4) is 0 Å². The van der Waals surface area contributed by atoms with Gasteiger partial charge >= 0.3 is 0 Å². The van der Waals surface area contributed by atoms with E-state index in [-0.39, 0.29) is 34.2 Å². The number of nitriles is 1. The van der Waals surface area contributed by atoms with Crippen molar-refractivity contribution >= 4 is 22.9 Å². The van der Waals surface area contributed by atoms with E-state index in [0.717, 1.165) is 0 Å². The molecule has 0 fully saturated rings. The predicted octanol–water partition coefficient (Wildman–Crippen LogP) is 5.24. The minimum absolute atomic E-state index is 0.0639.